The largest absolute Gasteiger partial charge is 0.351 e. The highest BCUT2D eigenvalue weighted by atomic mass is 16.2. The first-order valence-electron chi connectivity index (χ1n) is 10.0. The lowest BCUT2D eigenvalue weighted by atomic mass is 9.84. The number of nitrogens with zero attached hydrogens (tertiary/aromatic N) is 1. The Bertz CT molecular complexity index is 453. The molecule has 1 amide bonds. The summed E-state index contributed by atoms with van der Waals surface area (Å²) in [6.07, 6.45) is 3.43. The van der Waals surface area contributed by atoms with Gasteiger partial charge in [0, 0.05) is 23.9 Å². The van der Waals surface area contributed by atoms with Gasteiger partial charge in [-0.1, -0.05) is 27.7 Å². The third kappa shape index (κ3) is 9.67. The second-order valence-corrected chi connectivity index (χ2v) is 10.4. The van der Waals surface area contributed by atoms with Crippen LogP contribution < -0.4 is 10.6 Å². The van der Waals surface area contributed by atoms with Crippen LogP contribution in [0.3, 0.4) is 0 Å². The molecule has 0 bridgehead atoms. The van der Waals surface area contributed by atoms with Gasteiger partial charge in [-0.25, -0.2) is 0 Å². The van der Waals surface area contributed by atoms with Crippen molar-refractivity contribution in [2.24, 2.45) is 5.41 Å². The average Bonchev–Trinajstić information content (AvgIpc) is 2.41. The van der Waals surface area contributed by atoms with E-state index in [0.717, 1.165) is 25.7 Å². The molecule has 0 spiro atoms. The van der Waals surface area contributed by atoms with Crippen LogP contribution in [0.1, 0.15) is 74.1 Å². The molecule has 0 radical (unpaired) electrons. The first-order valence-corrected chi connectivity index (χ1v) is 10.0. The fourth-order valence-electron chi connectivity index (χ4n) is 3.20. The van der Waals surface area contributed by atoms with Crippen molar-refractivity contribution in [3.63, 3.8) is 0 Å². The monoisotopic (exact) mass is 370 g/mol. The normalized spacial score (nSPS) is 15.5. The molecule has 0 aromatic heterocycles. The van der Waals surface area contributed by atoms with Crippen LogP contribution in [0.5, 0.6) is 0 Å². The molecule has 0 aliphatic rings. The van der Waals surface area contributed by atoms with E-state index in [1.54, 1.807) is 0 Å². The number of amides is 1. The Morgan fingerprint density at radius 1 is 0.962 bits per heavy atom. The molecule has 0 aromatic rings. The predicted octanol–water partition coefficient (Wildman–Crippen LogP) is 3.13. The van der Waals surface area contributed by atoms with E-state index in [4.69, 9.17) is 0 Å². The second-order valence-electron chi connectivity index (χ2n) is 10.4. The minimum Gasteiger partial charge on any atom is -0.351 e. The maximum atomic E-state index is 12.7. The molecule has 0 aliphatic carbocycles. The molecule has 0 rings (SSSR count). The highest BCUT2D eigenvalue weighted by Crippen LogP contribution is 2.21. The zero-order chi connectivity index (χ0) is 20.8. The Morgan fingerprint density at radius 3 is 1.88 bits per heavy atom. The summed E-state index contributed by atoms with van der Waals surface area (Å²) >= 11 is 0. The van der Waals surface area contributed by atoms with Gasteiger partial charge in [0.1, 0.15) is 0 Å². The van der Waals surface area contributed by atoms with Crippen LogP contribution in [0.25, 0.3) is 0 Å². The van der Waals surface area contributed by atoms with Gasteiger partial charge in [0.15, 0.2) is 11.8 Å². The van der Waals surface area contributed by atoms with E-state index in [0.29, 0.717) is 11.0 Å². The number of nitrogens with one attached hydrogen (secondary N) is 2. The number of unbranched alkanes of at least 4 members (excludes halogenated alkanes) is 1. The van der Waals surface area contributed by atoms with E-state index in [2.05, 4.69) is 59.5 Å². The first-order chi connectivity index (χ1) is 11.6. The summed E-state index contributed by atoms with van der Waals surface area (Å²) in [5.74, 6) is 0.377. The van der Waals surface area contributed by atoms with Gasteiger partial charge < -0.3 is 15.1 Å². The maximum Gasteiger partial charge on any atom is 0.278 e. The van der Waals surface area contributed by atoms with Gasteiger partial charge in [0.25, 0.3) is 5.91 Å². The van der Waals surface area contributed by atoms with E-state index < -0.39 is 0 Å². The highest BCUT2D eigenvalue weighted by molar-refractivity contribution is 5.88. The van der Waals surface area contributed by atoms with Gasteiger partial charge in [-0.3, -0.25) is 9.59 Å². The van der Waals surface area contributed by atoms with Crippen LogP contribution in [0, 0.1) is 5.41 Å². The molecular weight excluding hydrogens is 326 g/mol. The average molecular weight is 371 g/mol. The predicted molar refractivity (Wildman–Crippen MR) is 110 cm³/mol. The Morgan fingerprint density at radius 2 is 1.50 bits per heavy atom. The Hall–Kier alpha value is -0.940. The summed E-state index contributed by atoms with van der Waals surface area (Å²) < 4.78 is 0.639. The second kappa shape index (κ2) is 9.84. The topological polar surface area (TPSA) is 58.2 Å². The van der Waals surface area contributed by atoms with Crippen LogP contribution in [-0.4, -0.2) is 61.5 Å². The van der Waals surface area contributed by atoms with E-state index in [1.807, 2.05) is 20.8 Å². The third-order valence-electron chi connectivity index (χ3n) is 4.51. The van der Waals surface area contributed by atoms with E-state index >= 15 is 0 Å². The quantitative estimate of drug-likeness (QED) is 0.459. The molecule has 0 saturated heterocycles. The number of carbonyl (C=O) groups is 2. The molecule has 5 nitrogen and oxygen atoms in total. The van der Waals surface area contributed by atoms with Gasteiger partial charge in [-0.15, -0.1) is 0 Å². The fourth-order valence-corrected chi connectivity index (χ4v) is 3.20. The molecule has 0 aliphatic heterocycles. The van der Waals surface area contributed by atoms with Gasteiger partial charge >= 0.3 is 0 Å². The summed E-state index contributed by atoms with van der Waals surface area (Å²) in [5.41, 5.74) is -0.450. The zero-order valence-corrected chi connectivity index (χ0v) is 19.0. The van der Waals surface area contributed by atoms with E-state index in [9.17, 15) is 9.59 Å². The minimum atomic E-state index is -0.351. The number of quaternary nitrogens is 1. The standard InChI is InChI=1S/C21H43N3O2/c1-11-17(24(8,9)10)19(26)22-15-13-12-14-16(23-21(5,6)7)18(25)20(2,3)4/h16-17,23H,11-15H2,1-10H3/p+1. The molecule has 26 heavy (non-hydrogen) atoms. The van der Waals surface area contributed by atoms with Crippen molar-refractivity contribution in [2.45, 2.75) is 91.8 Å². The molecule has 0 saturated carbocycles. The SMILES string of the molecule is CCC(C(=O)NCCCCC(NC(C)(C)C)C(=O)C(C)(C)C)[N+](C)(C)C. The summed E-state index contributed by atoms with van der Waals surface area (Å²) in [6, 6.07) is -0.159. The Balaban J connectivity index is 4.52. The fraction of sp³-hybridized carbons (Fsp3) is 0.905. The maximum absolute atomic E-state index is 12.7. The van der Waals surface area contributed by atoms with E-state index in [-0.39, 0.29) is 34.7 Å². The van der Waals surface area contributed by atoms with Crippen LogP contribution in [0.4, 0.5) is 0 Å². The van der Waals surface area contributed by atoms with Crippen LogP contribution in [0.2, 0.25) is 0 Å². The minimum absolute atomic E-state index is 0.0206. The first kappa shape index (κ1) is 25.1. The van der Waals surface area contributed by atoms with Crippen molar-refractivity contribution in [3.05, 3.63) is 0 Å². The molecule has 0 fully saturated rings. The van der Waals surface area contributed by atoms with Crippen molar-refractivity contribution in [2.75, 3.05) is 27.7 Å². The lowest BCUT2D eigenvalue weighted by molar-refractivity contribution is -0.886. The van der Waals surface area contributed by atoms with Gasteiger partial charge in [-0.2, -0.15) is 0 Å². The molecule has 5 heteroatoms. The van der Waals surface area contributed by atoms with E-state index in [1.165, 1.54) is 0 Å². The van der Waals surface area contributed by atoms with Gasteiger partial charge in [-0.05, 0) is 40.0 Å². The molecule has 2 unspecified atom stereocenters. The Labute approximate surface area is 161 Å². The highest BCUT2D eigenvalue weighted by Gasteiger charge is 2.32. The van der Waals surface area contributed by atoms with Gasteiger partial charge in [0.05, 0.1) is 27.2 Å². The summed E-state index contributed by atoms with van der Waals surface area (Å²) in [5, 5.41) is 6.53. The van der Waals surface area contributed by atoms with Crippen molar-refractivity contribution >= 4 is 11.7 Å². The number of likely N-dealkylation sites (N-methyl/N-ethyl adjacent to an activating group) is 1. The lowest BCUT2D eigenvalue weighted by Crippen LogP contribution is -2.53. The summed E-state index contributed by atoms with van der Waals surface area (Å²) in [4.78, 5) is 25.1. The molecule has 0 heterocycles. The van der Waals surface area contributed by atoms with Crippen LogP contribution in [0.15, 0.2) is 0 Å². The number of ketones is 1. The van der Waals surface area contributed by atoms with Crippen LogP contribution >= 0.6 is 0 Å². The van der Waals surface area contributed by atoms with Gasteiger partial charge in [0.2, 0.25) is 0 Å². The lowest BCUT2D eigenvalue weighted by Gasteiger charge is -2.32. The summed E-state index contributed by atoms with van der Waals surface area (Å²) in [7, 11) is 6.15. The zero-order valence-electron chi connectivity index (χ0n) is 19.0. The molecule has 154 valence electrons. The molecule has 2 atom stereocenters. The molecule has 0 aromatic carbocycles. The number of hydrogen-bond donors (Lipinski definition) is 2. The smallest absolute Gasteiger partial charge is 0.278 e. The molecular formula is C21H44N3O2+. The van der Waals surface area contributed by atoms with Crippen molar-refractivity contribution < 1.29 is 14.1 Å². The number of hydrogen-bond acceptors (Lipinski definition) is 3. The summed E-state index contributed by atoms with van der Waals surface area (Å²) in [6.45, 7) is 14.9. The van der Waals surface area contributed by atoms with Crippen molar-refractivity contribution in [1.82, 2.24) is 10.6 Å². The van der Waals surface area contributed by atoms with Crippen LogP contribution in [-0.2, 0) is 9.59 Å². The van der Waals surface area contributed by atoms with Crippen molar-refractivity contribution in [1.29, 1.82) is 0 Å². The number of carbonyl (C=O) groups excluding carboxylic acids is 2. The van der Waals surface area contributed by atoms with Crippen molar-refractivity contribution in [3.8, 4) is 0 Å². The molecule has 2 N–H and O–H groups in total. The number of rotatable bonds is 10. The third-order valence-corrected chi connectivity index (χ3v) is 4.51. The Kier molecular flexibility index (Phi) is 9.48. The number of Topliss-reactive ketones (excluding diaryl/α,β-unsaturated/α-hetero) is 1.